The van der Waals surface area contributed by atoms with Crippen LogP contribution in [0, 0.1) is 0 Å². The van der Waals surface area contributed by atoms with Crippen LogP contribution in [0.1, 0.15) is 25.0 Å². The molecule has 0 fully saturated rings. The zero-order valence-corrected chi connectivity index (χ0v) is 33.1. The van der Waals surface area contributed by atoms with Gasteiger partial charge in [-0.3, -0.25) is 0 Å². The third kappa shape index (κ3) is 5.19. The highest BCUT2D eigenvalue weighted by Crippen LogP contribution is 2.58. The summed E-state index contributed by atoms with van der Waals surface area (Å²) < 4.78 is 13.6. The maximum absolute atomic E-state index is 6.82. The Bertz CT molecular complexity index is 3270. The molecule has 10 aromatic rings. The normalized spacial score (nSPS) is 13.4. The Balaban J connectivity index is 1.01. The minimum absolute atomic E-state index is 0.118. The molecule has 0 saturated heterocycles. The maximum Gasteiger partial charge on any atom is 0.161 e. The average molecular weight is 772 g/mol. The third-order valence-electron chi connectivity index (χ3n) is 12.3. The van der Waals surface area contributed by atoms with Gasteiger partial charge in [-0.15, -0.1) is 0 Å². The molecule has 0 spiro atoms. The quantitative estimate of drug-likeness (QED) is 0.174. The van der Waals surface area contributed by atoms with Crippen molar-refractivity contribution in [2.24, 2.45) is 0 Å². The van der Waals surface area contributed by atoms with E-state index in [2.05, 4.69) is 152 Å². The predicted octanol–water partition coefficient (Wildman–Crippen LogP) is 14.9. The second kappa shape index (κ2) is 13.1. The van der Waals surface area contributed by atoms with E-state index in [1.165, 1.54) is 22.3 Å². The van der Waals surface area contributed by atoms with Crippen LogP contribution in [0.25, 0.3) is 78.1 Å². The van der Waals surface area contributed by atoms with Gasteiger partial charge in [0.2, 0.25) is 0 Å². The third-order valence-corrected chi connectivity index (χ3v) is 12.3. The predicted molar refractivity (Wildman–Crippen MR) is 243 cm³/mol. The molecule has 60 heavy (non-hydrogen) atoms. The SMILES string of the molecule is CC1(C)c2ccccc2-c2c(N3c4ccccc4Oc4cc(-c5cccc6c5oc5cccc(-c7nc(-c8ccccc8)cc(-c8ccccc8)n7)c56)ccc43)cccc21. The van der Waals surface area contributed by atoms with Crippen LogP contribution < -0.4 is 9.64 Å². The van der Waals surface area contributed by atoms with Crippen LogP contribution in [0.4, 0.5) is 17.1 Å². The molecule has 8 aromatic carbocycles. The van der Waals surface area contributed by atoms with Crippen molar-refractivity contribution in [1.82, 2.24) is 9.97 Å². The molecule has 0 saturated carbocycles. The van der Waals surface area contributed by atoms with Gasteiger partial charge in [-0.05, 0) is 64.7 Å². The first-order chi connectivity index (χ1) is 29.5. The van der Waals surface area contributed by atoms with Crippen LogP contribution in [0.3, 0.4) is 0 Å². The number of hydrogen-bond acceptors (Lipinski definition) is 5. The minimum Gasteiger partial charge on any atom is -0.455 e. The van der Waals surface area contributed by atoms with Gasteiger partial charge >= 0.3 is 0 Å². The summed E-state index contributed by atoms with van der Waals surface area (Å²) in [5.74, 6) is 2.24. The number of rotatable bonds is 5. The fourth-order valence-electron chi connectivity index (χ4n) is 9.45. The average Bonchev–Trinajstić information content (AvgIpc) is 3.81. The van der Waals surface area contributed by atoms with Crippen LogP contribution in [0.5, 0.6) is 11.5 Å². The van der Waals surface area contributed by atoms with Gasteiger partial charge in [-0.1, -0.05) is 159 Å². The highest BCUT2D eigenvalue weighted by molar-refractivity contribution is 6.15. The van der Waals surface area contributed by atoms with Gasteiger partial charge in [0.05, 0.1) is 28.5 Å². The highest BCUT2D eigenvalue weighted by atomic mass is 16.5. The van der Waals surface area contributed by atoms with Crippen LogP contribution in [0.15, 0.2) is 192 Å². The smallest absolute Gasteiger partial charge is 0.161 e. The molecule has 1 aliphatic heterocycles. The Hall–Kier alpha value is -7.76. The molecule has 2 aliphatic rings. The van der Waals surface area contributed by atoms with Crippen LogP contribution in [-0.4, -0.2) is 9.97 Å². The fraction of sp³-hybridized carbons (Fsp3) is 0.0545. The molecule has 12 rings (SSSR count). The monoisotopic (exact) mass is 771 g/mol. The Morgan fingerprint density at radius 3 is 1.88 bits per heavy atom. The first-order valence-corrected chi connectivity index (χ1v) is 20.4. The Morgan fingerprint density at radius 2 is 1.08 bits per heavy atom. The first-order valence-electron chi connectivity index (χ1n) is 20.4. The van der Waals surface area contributed by atoms with E-state index in [0.717, 1.165) is 89.7 Å². The van der Waals surface area contributed by atoms with Crippen molar-refractivity contribution in [3.05, 3.63) is 199 Å². The minimum atomic E-state index is -0.118. The Morgan fingerprint density at radius 1 is 0.467 bits per heavy atom. The van der Waals surface area contributed by atoms with E-state index in [9.17, 15) is 0 Å². The van der Waals surface area contributed by atoms with Crippen molar-refractivity contribution in [2.75, 3.05) is 4.90 Å². The molecule has 5 nitrogen and oxygen atoms in total. The Kier molecular flexibility index (Phi) is 7.51. The van der Waals surface area contributed by atoms with Gasteiger partial charge in [0, 0.05) is 44.0 Å². The van der Waals surface area contributed by atoms with Gasteiger partial charge < -0.3 is 14.1 Å². The number of furan rings is 1. The molecular weight excluding hydrogens is 735 g/mol. The summed E-state index contributed by atoms with van der Waals surface area (Å²) in [5, 5.41) is 1.98. The van der Waals surface area contributed by atoms with Gasteiger partial charge in [0.15, 0.2) is 17.3 Å². The van der Waals surface area contributed by atoms with Gasteiger partial charge in [0.25, 0.3) is 0 Å². The number of ether oxygens (including phenoxy) is 1. The molecule has 2 aromatic heterocycles. The lowest BCUT2D eigenvalue weighted by molar-refractivity contribution is 0.477. The lowest BCUT2D eigenvalue weighted by Crippen LogP contribution is -2.18. The Labute approximate surface area is 347 Å². The second-order valence-electron chi connectivity index (χ2n) is 16.1. The number of anilines is 3. The molecule has 0 amide bonds. The highest BCUT2D eigenvalue weighted by Gasteiger charge is 2.39. The van der Waals surface area contributed by atoms with E-state index in [1.807, 2.05) is 54.6 Å². The van der Waals surface area contributed by atoms with Crippen molar-refractivity contribution in [1.29, 1.82) is 0 Å². The van der Waals surface area contributed by atoms with Crippen LogP contribution in [-0.2, 0) is 5.41 Å². The number of para-hydroxylation sites is 3. The van der Waals surface area contributed by atoms with E-state index >= 15 is 0 Å². The molecule has 5 heteroatoms. The van der Waals surface area contributed by atoms with Crippen molar-refractivity contribution in [2.45, 2.75) is 19.3 Å². The topological polar surface area (TPSA) is 51.4 Å². The molecule has 0 bridgehead atoms. The summed E-state index contributed by atoms with van der Waals surface area (Å²) >= 11 is 0. The number of aromatic nitrogens is 2. The molecule has 3 heterocycles. The first kappa shape index (κ1) is 34.3. The summed E-state index contributed by atoms with van der Waals surface area (Å²) in [6, 6.07) is 65.6. The standard InChI is InChI=1S/C55H37N3O2/c1-55(2)41-24-10-9-20-38(41)52-42(55)25-15-27-47(52)58-45-26-11-12-28-48(45)59-50-32-36(30-31-46(50)58)37-21-13-22-39-51-40(23-14-29-49(51)60-53(37)39)54-56-43(34-16-5-3-6-17-34)33-44(57-54)35-18-7-4-8-19-35/h3-33H,1-2H3. The zero-order chi connectivity index (χ0) is 40.0. The van der Waals surface area contributed by atoms with Crippen molar-refractivity contribution in [3.63, 3.8) is 0 Å². The molecule has 0 atom stereocenters. The summed E-state index contributed by atoms with van der Waals surface area (Å²) in [4.78, 5) is 12.7. The number of benzene rings is 8. The molecule has 0 N–H and O–H groups in total. The maximum atomic E-state index is 6.82. The van der Waals surface area contributed by atoms with E-state index in [0.29, 0.717) is 5.82 Å². The molecular formula is C55H37N3O2. The molecule has 0 radical (unpaired) electrons. The number of hydrogen-bond donors (Lipinski definition) is 0. The van der Waals surface area contributed by atoms with E-state index in [1.54, 1.807) is 0 Å². The van der Waals surface area contributed by atoms with Crippen molar-refractivity contribution >= 4 is 39.0 Å². The van der Waals surface area contributed by atoms with Crippen molar-refractivity contribution < 1.29 is 9.15 Å². The second-order valence-corrected chi connectivity index (χ2v) is 16.1. The van der Waals surface area contributed by atoms with Gasteiger partial charge in [0.1, 0.15) is 11.2 Å². The van der Waals surface area contributed by atoms with Gasteiger partial charge in [-0.25, -0.2) is 9.97 Å². The lowest BCUT2D eigenvalue weighted by atomic mass is 9.82. The largest absolute Gasteiger partial charge is 0.455 e. The lowest BCUT2D eigenvalue weighted by Gasteiger charge is -2.34. The number of nitrogens with zero attached hydrogens (tertiary/aromatic N) is 3. The molecule has 1 aliphatic carbocycles. The van der Waals surface area contributed by atoms with Crippen LogP contribution >= 0.6 is 0 Å². The number of fused-ring (bicyclic) bond motifs is 8. The molecule has 284 valence electrons. The molecule has 0 unspecified atom stereocenters. The summed E-state index contributed by atoms with van der Waals surface area (Å²) in [5.41, 5.74) is 16.5. The summed E-state index contributed by atoms with van der Waals surface area (Å²) in [6.07, 6.45) is 0. The fourth-order valence-corrected chi connectivity index (χ4v) is 9.45. The van der Waals surface area contributed by atoms with Gasteiger partial charge in [-0.2, -0.15) is 0 Å². The zero-order valence-electron chi connectivity index (χ0n) is 33.1. The van der Waals surface area contributed by atoms with E-state index in [4.69, 9.17) is 19.1 Å². The van der Waals surface area contributed by atoms with Crippen LogP contribution in [0.2, 0.25) is 0 Å². The summed E-state index contributed by atoms with van der Waals surface area (Å²) in [7, 11) is 0. The summed E-state index contributed by atoms with van der Waals surface area (Å²) in [6.45, 7) is 4.65. The van der Waals surface area contributed by atoms with E-state index in [-0.39, 0.29) is 5.41 Å². The van der Waals surface area contributed by atoms with Crippen molar-refractivity contribution in [3.8, 4) is 67.7 Å². The van der Waals surface area contributed by atoms with E-state index < -0.39 is 0 Å².